The summed E-state index contributed by atoms with van der Waals surface area (Å²) in [5, 5.41) is 7.69. The minimum absolute atomic E-state index is 0.0334. The van der Waals surface area contributed by atoms with Crippen LogP contribution in [0.1, 0.15) is 19.9 Å². The van der Waals surface area contributed by atoms with Gasteiger partial charge in [-0.2, -0.15) is 5.10 Å². The van der Waals surface area contributed by atoms with Crippen molar-refractivity contribution in [3.8, 4) is 0 Å². The van der Waals surface area contributed by atoms with Gasteiger partial charge in [0.1, 0.15) is 5.82 Å². The smallest absolute Gasteiger partial charge is 0.267 e. The summed E-state index contributed by atoms with van der Waals surface area (Å²) in [7, 11) is 0. The van der Waals surface area contributed by atoms with Gasteiger partial charge in [0.05, 0.1) is 6.04 Å². The van der Waals surface area contributed by atoms with Crippen LogP contribution in [0.2, 0.25) is 0 Å². The molecule has 1 saturated heterocycles. The number of nitrogens with zero attached hydrogens (tertiary/aromatic N) is 3. The van der Waals surface area contributed by atoms with Gasteiger partial charge in [-0.1, -0.05) is 0 Å². The molecule has 2 heterocycles. The lowest BCUT2D eigenvalue weighted by molar-refractivity contribution is 0.494. The number of nitrogens with one attached hydrogen (secondary N) is 1. The van der Waals surface area contributed by atoms with Gasteiger partial charge in [0, 0.05) is 32.2 Å². The van der Waals surface area contributed by atoms with Gasteiger partial charge in [0.2, 0.25) is 0 Å². The first kappa shape index (κ1) is 11.1. The maximum atomic E-state index is 11.6. The standard InChI is InChI=1S/C11H18N4O/c1-9(2)15-11(16)4-3-10(13-15)14-7-5-12-6-8-14/h3-4,9,12H,5-8H2,1-2H3. The molecule has 1 fully saturated rings. The Bertz CT molecular complexity index is 407. The fourth-order valence-corrected chi connectivity index (χ4v) is 1.85. The Hall–Kier alpha value is -1.36. The largest absolute Gasteiger partial charge is 0.353 e. The lowest BCUT2D eigenvalue weighted by Gasteiger charge is -2.28. The second-order valence-corrected chi connectivity index (χ2v) is 4.31. The van der Waals surface area contributed by atoms with Crippen LogP contribution in [-0.2, 0) is 0 Å². The normalized spacial score (nSPS) is 16.8. The fourth-order valence-electron chi connectivity index (χ4n) is 1.85. The van der Waals surface area contributed by atoms with Gasteiger partial charge in [-0.3, -0.25) is 4.79 Å². The second-order valence-electron chi connectivity index (χ2n) is 4.31. The van der Waals surface area contributed by atoms with Crippen LogP contribution in [0.25, 0.3) is 0 Å². The first-order valence-corrected chi connectivity index (χ1v) is 5.74. The van der Waals surface area contributed by atoms with Crippen molar-refractivity contribution in [2.75, 3.05) is 31.1 Å². The number of rotatable bonds is 2. The Morgan fingerprint density at radius 3 is 2.62 bits per heavy atom. The van der Waals surface area contributed by atoms with Crippen molar-refractivity contribution in [3.63, 3.8) is 0 Å². The molecule has 0 aromatic carbocycles. The third-order valence-electron chi connectivity index (χ3n) is 2.74. The molecule has 0 bridgehead atoms. The number of hydrogen-bond acceptors (Lipinski definition) is 4. The summed E-state index contributed by atoms with van der Waals surface area (Å²) >= 11 is 0. The van der Waals surface area contributed by atoms with Gasteiger partial charge in [-0.05, 0) is 19.9 Å². The Morgan fingerprint density at radius 1 is 1.31 bits per heavy atom. The zero-order chi connectivity index (χ0) is 11.5. The summed E-state index contributed by atoms with van der Waals surface area (Å²) in [6, 6.07) is 3.52. The van der Waals surface area contributed by atoms with E-state index in [-0.39, 0.29) is 11.6 Å². The van der Waals surface area contributed by atoms with Crippen LogP contribution >= 0.6 is 0 Å². The second kappa shape index (κ2) is 4.65. The number of hydrogen-bond donors (Lipinski definition) is 1. The van der Waals surface area contributed by atoms with Gasteiger partial charge in [0.15, 0.2) is 0 Å². The van der Waals surface area contributed by atoms with E-state index in [1.807, 2.05) is 19.9 Å². The maximum Gasteiger partial charge on any atom is 0.267 e. The molecule has 0 amide bonds. The molecule has 0 atom stereocenters. The highest BCUT2D eigenvalue weighted by Gasteiger charge is 2.13. The Kier molecular flexibility index (Phi) is 3.24. The number of anilines is 1. The maximum absolute atomic E-state index is 11.6. The predicted molar refractivity (Wildman–Crippen MR) is 64.0 cm³/mol. The van der Waals surface area contributed by atoms with Crippen LogP contribution in [0.5, 0.6) is 0 Å². The third-order valence-corrected chi connectivity index (χ3v) is 2.74. The molecule has 1 aromatic rings. The monoisotopic (exact) mass is 222 g/mol. The van der Waals surface area contributed by atoms with Gasteiger partial charge >= 0.3 is 0 Å². The highest BCUT2D eigenvalue weighted by molar-refractivity contribution is 5.37. The molecule has 0 spiro atoms. The molecule has 16 heavy (non-hydrogen) atoms. The van der Waals surface area contributed by atoms with Gasteiger partial charge < -0.3 is 10.2 Å². The molecule has 2 rings (SSSR count). The molecule has 88 valence electrons. The number of piperazine rings is 1. The lowest BCUT2D eigenvalue weighted by Crippen LogP contribution is -2.44. The highest BCUT2D eigenvalue weighted by atomic mass is 16.1. The molecule has 0 saturated carbocycles. The molecule has 0 radical (unpaired) electrons. The minimum atomic E-state index is -0.0334. The Balaban J connectivity index is 2.27. The fraction of sp³-hybridized carbons (Fsp3) is 0.636. The van der Waals surface area contributed by atoms with Crippen molar-refractivity contribution >= 4 is 5.82 Å². The summed E-state index contributed by atoms with van der Waals surface area (Å²) in [5.74, 6) is 0.898. The van der Waals surface area contributed by atoms with Crippen LogP contribution < -0.4 is 15.8 Å². The van der Waals surface area contributed by atoms with Crippen LogP contribution in [0.15, 0.2) is 16.9 Å². The van der Waals surface area contributed by atoms with Crippen molar-refractivity contribution in [1.29, 1.82) is 0 Å². The van der Waals surface area contributed by atoms with Crippen molar-refractivity contribution in [3.05, 3.63) is 22.5 Å². The minimum Gasteiger partial charge on any atom is -0.353 e. The van der Waals surface area contributed by atoms with Gasteiger partial charge in [-0.25, -0.2) is 4.68 Å². The summed E-state index contributed by atoms with van der Waals surface area (Å²) in [6.45, 7) is 7.78. The molecule has 5 nitrogen and oxygen atoms in total. The van der Waals surface area contributed by atoms with Gasteiger partial charge in [-0.15, -0.1) is 0 Å². The quantitative estimate of drug-likeness (QED) is 0.778. The van der Waals surface area contributed by atoms with E-state index in [1.165, 1.54) is 4.68 Å². The zero-order valence-corrected chi connectivity index (χ0v) is 9.81. The van der Waals surface area contributed by atoms with Crippen molar-refractivity contribution < 1.29 is 0 Å². The van der Waals surface area contributed by atoms with Crippen LogP contribution in [-0.4, -0.2) is 36.0 Å². The zero-order valence-electron chi connectivity index (χ0n) is 9.81. The molecule has 5 heteroatoms. The summed E-state index contributed by atoms with van der Waals surface area (Å²) in [4.78, 5) is 13.8. The van der Waals surface area contributed by atoms with Crippen LogP contribution in [0.3, 0.4) is 0 Å². The molecule has 1 N–H and O–H groups in total. The van der Waals surface area contributed by atoms with Crippen molar-refractivity contribution in [1.82, 2.24) is 15.1 Å². The molecular formula is C11H18N4O. The van der Waals surface area contributed by atoms with Crippen LogP contribution in [0.4, 0.5) is 5.82 Å². The van der Waals surface area contributed by atoms with Gasteiger partial charge in [0.25, 0.3) is 5.56 Å². The predicted octanol–water partition coefficient (Wildman–Crippen LogP) is 0.234. The summed E-state index contributed by atoms with van der Waals surface area (Å²) in [6.07, 6.45) is 0. The summed E-state index contributed by atoms with van der Waals surface area (Å²) in [5.41, 5.74) is -0.0334. The van der Waals surface area contributed by atoms with E-state index in [0.717, 1.165) is 32.0 Å². The molecule has 0 aliphatic carbocycles. The number of aromatic nitrogens is 2. The van der Waals surface area contributed by atoms with Crippen molar-refractivity contribution in [2.45, 2.75) is 19.9 Å². The lowest BCUT2D eigenvalue weighted by atomic mass is 10.3. The Morgan fingerprint density at radius 2 is 2.00 bits per heavy atom. The third kappa shape index (κ3) is 2.24. The van der Waals surface area contributed by atoms with Crippen LogP contribution in [0, 0.1) is 0 Å². The van der Waals surface area contributed by atoms with Crippen molar-refractivity contribution in [2.24, 2.45) is 0 Å². The average molecular weight is 222 g/mol. The van der Waals surface area contributed by atoms with E-state index in [4.69, 9.17) is 0 Å². The average Bonchev–Trinajstić information content (AvgIpc) is 2.30. The molecule has 0 unspecified atom stereocenters. The SMILES string of the molecule is CC(C)n1nc(N2CCNCC2)ccc1=O. The van der Waals surface area contributed by atoms with E-state index in [2.05, 4.69) is 15.3 Å². The van der Waals surface area contributed by atoms with E-state index < -0.39 is 0 Å². The molecule has 1 aromatic heterocycles. The summed E-state index contributed by atoms with van der Waals surface area (Å²) < 4.78 is 1.54. The van der Waals surface area contributed by atoms with E-state index in [0.29, 0.717) is 0 Å². The molecule has 1 aliphatic rings. The topological polar surface area (TPSA) is 50.2 Å². The highest BCUT2D eigenvalue weighted by Crippen LogP contribution is 2.09. The molecule has 1 aliphatic heterocycles. The molecular weight excluding hydrogens is 204 g/mol. The van der Waals surface area contributed by atoms with E-state index in [1.54, 1.807) is 6.07 Å². The van der Waals surface area contributed by atoms with E-state index >= 15 is 0 Å². The first-order chi connectivity index (χ1) is 7.68. The first-order valence-electron chi connectivity index (χ1n) is 5.74. The Labute approximate surface area is 95.1 Å². The van der Waals surface area contributed by atoms with E-state index in [9.17, 15) is 4.79 Å².